The van der Waals surface area contributed by atoms with E-state index in [0.717, 1.165) is 5.56 Å². The maximum Gasteiger partial charge on any atom is 0.276 e. The fourth-order valence-corrected chi connectivity index (χ4v) is 3.84. The van der Waals surface area contributed by atoms with Crippen LogP contribution in [-0.2, 0) is 10.0 Å². The van der Waals surface area contributed by atoms with Crippen molar-refractivity contribution in [1.29, 1.82) is 0 Å². The lowest BCUT2D eigenvalue weighted by atomic mass is 10.3. The molecule has 1 amide bonds. The van der Waals surface area contributed by atoms with Crippen molar-refractivity contribution in [3.63, 3.8) is 0 Å². The number of amides is 1. The maximum atomic E-state index is 12.8. The Kier molecular flexibility index (Phi) is 4.50. The monoisotopic (exact) mass is 371 g/mol. The smallest absolute Gasteiger partial charge is 0.276 e. The lowest BCUT2D eigenvalue weighted by Gasteiger charge is -2.20. The van der Waals surface area contributed by atoms with Crippen LogP contribution in [-0.4, -0.2) is 70.6 Å². The van der Waals surface area contributed by atoms with Gasteiger partial charge in [0.05, 0.1) is 6.26 Å². The number of rotatable bonds is 2. The molecule has 0 unspecified atom stereocenters. The van der Waals surface area contributed by atoms with Crippen LogP contribution in [0.3, 0.4) is 0 Å². The number of hydrogen-bond acceptors (Lipinski definition) is 5. The molecule has 1 aliphatic rings. The number of carbonyl (C=O) groups excluding carboxylic acids is 1. The Balaban J connectivity index is 1.85. The van der Waals surface area contributed by atoms with Crippen LogP contribution >= 0.6 is 11.6 Å². The molecule has 10 heteroatoms. The van der Waals surface area contributed by atoms with Crippen LogP contribution in [0.5, 0.6) is 0 Å². The molecule has 1 aliphatic heterocycles. The van der Waals surface area contributed by atoms with E-state index >= 15 is 0 Å². The molecule has 0 aromatic carbocycles. The topological polar surface area (TPSA) is 87.9 Å². The Bertz CT molecular complexity index is 895. The molecule has 0 aliphatic carbocycles. The Labute approximate surface area is 145 Å². The fraction of sp³-hybridized carbons (Fsp3) is 0.500. The normalized spacial score (nSPS) is 17.2. The number of halogens is 1. The van der Waals surface area contributed by atoms with E-state index in [2.05, 4.69) is 10.1 Å². The van der Waals surface area contributed by atoms with Crippen LogP contribution in [0.2, 0.25) is 5.02 Å². The van der Waals surface area contributed by atoms with E-state index < -0.39 is 10.0 Å². The van der Waals surface area contributed by atoms with Gasteiger partial charge in [0.15, 0.2) is 11.3 Å². The second-order valence-electron chi connectivity index (χ2n) is 5.87. The fourth-order valence-electron chi connectivity index (χ4n) is 2.72. The maximum absolute atomic E-state index is 12.8. The molecule has 0 N–H and O–H groups in total. The standard InChI is InChI=1S/C14H18ClN5O3S/c1-10-8-16-13-11(15)12(17-20(13)9-10)14(21)18-4-3-5-19(7-6-18)24(2,22)23/h8-9H,3-7H2,1-2H3. The van der Waals surface area contributed by atoms with Gasteiger partial charge < -0.3 is 4.90 Å². The molecular weight excluding hydrogens is 354 g/mol. The van der Waals surface area contributed by atoms with Crippen molar-refractivity contribution in [1.82, 2.24) is 23.8 Å². The van der Waals surface area contributed by atoms with Crippen LogP contribution in [0.15, 0.2) is 12.4 Å². The Morgan fingerprint density at radius 1 is 1.25 bits per heavy atom. The summed E-state index contributed by atoms with van der Waals surface area (Å²) in [5, 5.41) is 4.46. The minimum atomic E-state index is -3.26. The van der Waals surface area contributed by atoms with Crippen molar-refractivity contribution in [3.05, 3.63) is 28.7 Å². The highest BCUT2D eigenvalue weighted by Crippen LogP contribution is 2.22. The molecule has 1 fully saturated rings. The van der Waals surface area contributed by atoms with Gasteiger partial charge in [0.2, 0.25) is 10.0 Å². The molecule has 2 aromatic heterocycles. The Morgan fingerprint density at radius 2 is 2.00 bits per heavy atom. The predicted octanol–water partition coefficient (Wildman–Crippen LogP) is 0.799. The van der Waals surface area contributed by atoms with E-state index in [1.165, 1.54) is 15.1 Å². The molecule has 3 heterocycles. The van der Waals surface area contributed by atoms with Gasteiger partial charge in [-0.3, -0.25) is 4.79 Å². The summed E-state index contributed by atoms with van der Waals surface area (Å²) in [6, 6.07) is 0. The summed E-state index contributed by atoms with van der Waals surface area (Å²) in [7, 11) is -3.26. The van der Waals surface area contributed by atoms with Crippen LogP contribution in [0, 0.1) is 6.92 Å². The molecule has 0 bridgehead atoms. The Morgan fingerprint density at radius 3 is 2.71 bits per heavy atom. The molecule has 0 radical (unpaired) electrons. The second-order valence-corrected chi connectivity index (χ2v) is 8.23. The summed E-state index contributed by atoms with van der Waals surface area (Å²) in [4.78, 5) is 18.5. The van der Waals surface area contributed by atoms with E-state index in [4.69, 9.17) is 11.6 Å². The van der Waals surface area contributed by atoms with Gasteiger partial charge in [0, 0.05) is 38.6 Å². The van der Waals surface area contributed by atoms with Crippen LogP contribution < -0.4 is 0 Å². The Hall–Kier alpha value is -1.71. The number of carbonyl (C=O) groups is 1. The van der Waals surface area contributed by atoms with Crippen molar-refractivity contribution in [3.8, 4) is 0 Å². The van der Waals surface area contributed by atoms with Crippen LogP contribution in [0.4, 0.5) is 0 Å². The van der Waals surface area contributed by atoms with Crippen LogP contribution in [0.25, 0.3) is 5.65 Å². The van der Waals surface area contributed by atoms with Gasteiger partial charge in [-0.05, 0) is 18.9 Å². The SMILES string of the molecule is Cc1cnc2c(Cl)c(C(=O)N3CCCN(S(C)(=O)=O)CC3)nn2c1. The van der Waals surface area contributed by atoms with Gasteiger partial charge in [0.25, 0.3) is 5.91 Å². The molecular formula is C14H18ClN5O3S. The lowest BCUT2D eigenvalue weighted by molar-refractivity contribution is 0.0758. The van der Waals surface area contributed by atoms with Crippen molar-refractivity contribution in [2.24, 2.45) is 0 Å². The van der Waals surface area contributed by atoms with Crippen molar-refractivity contribution in [2.75, 3.05) is 32.4 Å². The lowest BCUT2D eigenvalue weighted by Crippen LogP contribution is -2.37. The van der Waals surface area contributed by atoms with Gasteiger partial charge in [-0.1, -0.05) is 11.6 Å². The number of fused-ring (bicyclic) bond motifs is 1. The largest absolute Gasteiger partial charge is 0.336 e. The molecule has 0 saturated carbocycles. The number of aromatic nitrogens is 3. The van der Waals surface area contributed by atoms with Crippen molar-refractivity contribution < 1.29 is 13.2 Å². The van der Waals surface area contributed by atoms with E-state index in [-0.39, 0.29) is 23.2 Å². The molecule has 130 valence electrons. The third kappa shape index (κ3) is 3.24. The minimum absolute atomic E-state index is 0.141. The van der Waals surface area contributed by atoms with E-state index in [1.54, 1.807) is 17.3 Å². The van der Waals surface area contributed by atoms with Gasteiger partial charge in [0.1, 0.15) is 5.02 Å². The van der Waals surface area contributed by atoms with E-state index in [9.17, 15) is 13.2 Å². The molecule has 3 rings (SSSR count). The molecule has 8 nitrogen and oxygen atoms in total. The highest BCUT2D eigenvalue weighted by Gasteiger charge is 2.28. The molecule has 1 saturated heterocycles. The third-order valence-corrected chi connectivity index (χ3v) is 5.61. The quantitative estimate of drug-likeness (QED) is 0.779. The summed E-state index contributed by atoms with van der Waals surface area (Å²) in [5.41, 5.74) is 1.47. The molecule has 0 atom stereocenters. The summed E-state index contributed by atoms with van der Waals surface area (Å²) in [6.07, 6.45) is 5.16. The zero-order chi connectivity index (χ0) is 17.5. The average molecular weight is 372 g/mol. The summed E-state index contributed by atoms with van der Waals surface area (Å²) in [6.45, 7) is 3.32. The first-order valence-corrected chi connectivity index (χ1v) is 9.75. The van der Waals surface area contributed by atoms with Crippen molar-refractivity contribution >= 4 is 33.2 Å². The molecule has 0 spiro atoms. The first-order valence-electron chi connectivity index (χ1n) is 7.52. The van der Waals surface area contributed by atoms with E-state index in [1.807, 2.05) is 6.92 Å². The average Bonchev–Trinajstić information content (AvgIpc) is 2.70. The summed E-state index contributed by atoms with van der Waals surface area (Å²) < 4.78 is 26.2. The first-order chi connectivity index (χ1) is 11.3. The zero-order valence-electron chi connectivity index (χ0n) is 13.4. The van der Waals surface area contributed by atoms with Crippen molar-refractivity contribution in [2.45, 2.75) is 13.3 Å². The van der Waals surface area contributed by atoms with Gasteiger partial charge in [-0.2, -0.15) is 5.10 Å². The minimum Gasteiger partial charge on any atom is -0.336 e. The number of aryl methyl sites for hydroxylation is 1. The first kappa shape index (κ1) is 17.1. The third-order valence-electron chi connectivity index (χ3n) is 3.96. The summed E-state index contributed by atoms with van der Waals surface area (Å²) >= 11 is 6.27. The number of hydrogen-bond donors (Lipinski definition) is 0. The van der Waals surface area contributed by atoms with Gasteiger partial charge >= 0.3 is 0 Å². The number of nitrogens with zero attached hydrogens (tertiary/aromatic N) is 5. The van der Waals surface area contributed by atoms with Crippen LogP contribution in [0.1, 0.15) is 22.5 Å². The molecule has 24 heavy (non-hydrogen) atoms. The predicted molar refractivity (Wildman–Crippen MR) is 89.7 cm³/mol. The zero-order valence-corrected chi connectivity index (χ0v) is 15.0. The van der Waals surface area contributed by atoms with Gasteiger partial charge in [-0.15, -0.1) is 0 Å². The van der Waals surface area contributed by atoms with Gasteiger partial charge in [-0.25, -0.2) is 22.2 Å². The number of sulfonamides is 1. The summed E-state index contributed by atoms with van der Waals surface area (Å²) in [5.74, 6) is -0.307. The van der Waals surface area contributed by atoms with E-state index in [0.29, 0.717) is 31.7 Å². The highest BCUT2D eigenvalue weighted by atomic mass is 35.5. The highest BCUT2D eigenvalue weighted by molar-refractivity contribution is 7.88. The second kappa shape index (κ2) is 6.30. The molecule has 2 aromatic rings.